The number of halogens is 1. The number of nitrogens with zero attached hydrogens (tertiary/aromatic N) is 3. The van der Waals surface area contributed by atoms with Gasteiger partial charge in [0.25, 0.3) is 5.22 Å². The van der Waals surface area contributed by atoms with E-state index in [9.17, 15) is 4.39 Å². The van der Waals surface area contributed by atoms with Crippen molar-refractivity contribution in [1.82, 2.24) is 15.0 Å². The lowest BCUT2D eigenvalue weighted by atomic mass is 10.4. The molecule has 2 heterocycles. The van der Waals surface area contributed by atoms with Gasteiger partial charge in [-0.25, -0.2) is 19.3 Å². The number of anilines is 1. The Hall–Kier alpha value is -1.63. The van der Waals surface area contributed by atoms with Gasteiger partial charge in [-0.05, 0) is 32.5 Å². The smallest absolute Gasteiger partial charge is 0.262 e. The minimum Gasteiger partial charge on any atom is -0.436 e. The standard InChI is InChI=1S/C11H13FN4OS/c1-4-13-10-14-5-8(12)9(16-10)18-11-15-6(2)7(3)17-11/h5H,4H2,1-3H3,(H,13,14,16). The van der Waals surface area contributed by atoms with E-state index in [1.165, 1.54) is 0 Å². The molecule has 7 heteroatoms. The monoisotopic (exact) mass is 268 g/mol. The molecule has 0 saturated carbocycles. The maximum absolute atomic E-state index is 13.6. The maximum Gasteiger partial charge on any atom is 0.262 e. The molecular formula is C11H13FN4OS. The van der Waals surface area contributed by atoms with Crippen molar-refractivity contribution in [3.63, 3.8) is 0 Å². The molecule has 0 aromatic carbocycles. The van der Waals surface area contributed by atoms with Crippen LogP contribution in [0.4, 0.5) is 10.3 Å². The van der Waals surface area contributed by atoms with Crippen molar-refractivity contribution in [2.75, 3.05) is 11.9 Å². The minimum absolute atomic E-state index is 0.196. The Kier molecular flexibility index (Phi) is 3.81. The van der Waals surface area contributed by atoms with Crippen LogP contribution in [0.25, 0.3) is 0 Å². The highest BCUT2D eigenvalue weighted by Gasteiger charge is 2.13. The molecule has 1 N–H and O–H groups in total. The molecule has 0 fully saturated rings. The summed E-state index contributed by atoms with van der Waals surface area (Å²) in [6.07, 6.45) is 1.13. The van der Waals surface area contributed by atoms with E-state index >= 15 is 0 Å². The van der Waals surface area contributed by atoms with Gasteiger partial charge >= 0.3 is 0 Å². The van der Waals surface area contributed by atoms with Crippen LogP contribution in [0.15, 0.2) is 20.9 Å². The van der Waals surface area contributed by atoms with E-state index in [4.69, 9.17) is 4.42 Å². The van der Waals surface area contributed by atoms with Crippen molar-refractivity contribution in [3.8, 4) is 0 Å². The minimum atomic E-state index is -0.491. The molecule has 2 rings (SSSR count). The summed E-state index contributed by atoms with van der Waals surface area (Å²) < 4.78 is 18.9. The summed E-state index contributed by atoms with van der Waals surface area (Å²) in [5, 5.41) is 3.50. The molecule has 0 amide bonds. The topological polar surface area (TPSA) is 63.8 Å². The van der Waals surface area contributed by atoms with Crippen molar-refractivity contribution >= 4 is 17.7 Å². The van der Waals surface area contributed by atoms with Crippen molar-refractivity contribution < 1.29 is 8.81 Å². The highest BCUT2D eigenvalue weighted by Crippen LogP contribution is 2.29. The molecule has 0 bridgehead atoms. The number of hydrogen-bond donors (Lipinski definition) is 1. The number of aromatic nitrogens is 3. The van der Waals surface area contributed by atoms with Gasteiger partial charge in [0.2, 0.25) is 5.95 Å². The second kappa shape index (κ2) is 5.34. The van der Waals surface area contributed by atoms with Gasteiger partial charge in [0.15, 0.2) is 5.82 Å². The van der Waals surface area contributed by atoms with E-state index in [0.29, 0.717) is 17.7 Å². The molecule has 0 radical (unpaired) electrons. The zero-order valence-corrected chi connectivity index (χ0v) is 11.1. The highest BCUT2D eigenvalue weighted by molar-refractivity contribution is 7.99. The molecule has 96 valence electrons. The first-order valence-corrected chi connectivity index (χ1v) is 6.30. The van der Waals surface area contributed by atoms with Crippen LogP contribution in [0.5, 0.6) is 0 Å². The molecule has 0 aliphatic heterocycles. The van der Waals surface area contributed by atoms with Crippen LogP contribution in [0.1, 0.15) is 18.4 Å². The maximum atomic E-state index is 13.6. The van der Waals surface area contributed by atoms with Crippen molar-refractivity contribution in [2.24, 2.45) is 0 Å². The molecule has 0 saturated heterocycles. The van der Waals surface area contributed by atoms with E-state index in [2.05, 4.69) is 20.3 Å². The Balaban J connectivity index is 2.24. The molecule has 0 aliphatic carbocycles. The lowest BCUT2D eigenvalue weighted by molar-refractivity contribution is 0.430. The van der Waals surface area contributed by atoms with Crippen LogP contribution in [-0.4, -0.2) is 21.5 Å². The first-order chi connectivity index (χ1) is 8.60. The fourth-order valence-corrected chi connectivity index (χ4v) is 2.03. The predicted molar refractivity (Wildman–Crippen MR) is 66.3 cm³/mol. The van der Waals surface area contributed by atoms with Gasteiger partial charge in [-0.15, -0.1) is 0 Å². The number of nitrogens with one attached hydrogen (secondary N) is 1. The largest absolute Gasteiger partial charge is 0.436 e. The molecule has 0 unspecified atom stereocenters. The Labute approximate surface area is 108 Å². The summed E-state index contributed by atoms with van der Waals surface area (Å²) in [5.74, 6) is 0.621. The number of aryl methyl sites for hydroxylation is 2. The molecule has 0 spiro atoms. The third-order valence-corrected chi connectivity index (χ3v) is 3.07. The second-order valence-electron chi connectivity index (χ2n) is 3.60. The molecule has 0 aliphatic rings. The van der Waals surface area contributed by atoms with Crippen LogP contribution in [0.3, 0.4) is 0 Å². The van der Waals surface area contributed by atoms with Gasteiger partial charge in [0.1, 0.15) is 10.8 Å². The Morgan fingerprint density at radius 1 is 1.39 bits per heavy atom. The van der Waals surface area contributed by atoms with Crippen LogP contribution in [-0.2, 0) is 0 Å². The van der Waals surface area contributed by atoms with E-state index in [0.717, 1.165) is 29.4 Å². The fraction of sp³-hybridized carbons (Fsp3) is 0.364. The predicted octanol–water partition coefficient (Wildman–Crippen LogP) is 2.80. The number of oxazole rings is 1. The zero-order chi connectivity index (χ0) is 13.1. The Bertz CT molecular complexity index is 538. The van der Waals surface area contributed by atoms with Crippen molar-refractivity contribution in [2.45, 2.75) is 31.0 Å². The number of hydrogen-bond acceptors (Lipinski definition) is 6. The third kappa shape index (κ3) is 2.79. The quantitative estimate of drug-likeness (QED) is 0.860. The summed E-state index contributed by atoms with van der Waals surface area (Å²) in [6.45, 7) is 6.24. The molecular weight excluding hydrogens is 255 g/mol. The van der Waals surface area contributed by atoms with Gasteiger partial charge in [0.05, 0.1) is 11.9 Å². The normalized spacial score (nSPS) is 10.7. The van der Waals surface area contributed by atoms with Crippen LogP contribution in [0.2, 0.25) is 0 Å². The highest BCUT2D eigenvalue weighted by atomic mass is 32.2. The first kappa shape index (κ1) is 12.8. The van der Waals surface area contributed by atoms with Crippen LogP contribution in [0, 0.1) is 19.7 Å². The summed E-state index contributed by atoms with van der Waals surface area (Å²) in [7, 11) is 0. The Morgan fingerprint density at radius 2 is 2.17 bits per heavy atom. The first-order valence-electron chi connectivity index (χ1n) is 5.48. The zero-order valence-electron chi connectivity index (χ0n) is 10.3. The van der Waals surface area contributed by atoms with E-state index in [-0.39, 0.29) is 5.03 Å². The molecule has 2 aromatic rings. The number of rotatable bonds is 4. The fourth-order valence-electron chi connectivity index (χ4n) is 1.24. The van der Waals surface area contributed by atoms with E-state index in [1.54, 1.807) is 0 Å². The summed E-state index contributed by atoms with van der Waals surface area (Å²) in [5.41, 5.74) is 0.791. The molecule has 5 nitrogen and oxygen atoms in total. The van der Waals surface area contributed by atoms with Gasteiger partial charge in [0, 0.05) is 6.54 Å². The summed E-state index contributed by atoms with van der Waals surface area (Å²) in [6, 6.07) is 0. The van der Waals surface area contributed by atoms with Crippen molar-refractivity contribution in [3.05, 3.63) is 23.5 Å². The SMILES string of the molecule is CCNc1ncc(F)c(Sc2nc(C)c(C)o2)n1. The molecule has 18 heavy (non-hydrogen) atoms. The summed E-state index contributed by atoms with van der Waals surface area (Å²) in [4.78, 5) is 12.1. The van der Waals surface area contributed by atoms with Crippen LogP contribution < -0.4 is 5.32 Å². The average Bonchev–Trinajstić information content (AvgIpc) is 2.63. The van der Waals surface area contributed by atoms with Gasteiger partial charge in [-0.2, -0.15) is 0 Å². The van der Waals surface area contributed by atoms with E-state index in [1.807, 2.05) is 20.8 Å². The van der Waals surface area contributed by atoms with E-state index < -0.39 is 5.82 Å². The third-order valence-electron chi connectivity index (χ3n) is 2.24. The lowest BCUT2D eigenvalue weighted by Crippen LogP contribution is -2.03. The van der Waals surface area contributed by atoms with Crippen LogP contribution >= 0.6 is 11.8 Å². The summed E-state index contributed by atoms with van der Waals surface area (Å²) >= 11 is 1.05. The Morgan fingerprint density at radius 3 is 2.78 bits per heavy atom. The average molecular weight is 268 g/mol. The van der Waals surface area contributed by atoms with Gasteiger partial charge < -0.3 is 9.73 Å². The van der Waals surface area contributed by atoms with Gasteiger partial charge in [-0.3, -0.25) is 0 Å². The second-order valence-corrected chi connectivity index (χ2v) is 4.54. The van der Waals surface area contributed by atoms with Crippen molar-refractivity contribution in [1.29, 1.82) is 0 Å². The molecule has 2 aromatic heterocycles. The lowest BCUT2D eigenvalue weighted by Gasteiger charge is -2.03. The van der Waals surface area contributed by atoms with Gasteiger partial charge in [-0.1, -0.05) is 0 Å². The molecule has 0 atom stereocenters.